The van der Waals surface area contributed by atoms with E-state index in [1.807, 2.05) is 31.2 Å². The maximum Gasteiger partial charge on any atom is 0.220 e. The molecule has 1 amide bonds. The zero-order valence-corrected chi connectivity index (χ0v) is 10.7. The zero-order chi connectivity index (χ0) is 13.0. The summed E-state index contributed by atoms with van der Waals surface area (Å²) in [6.45, 7) is 3.32. The van der Waals surface area contributed by atoms with Crippen molar-refractivity contribution in [2.75, 3.05) is 13.2 Å². The van der Waals surface area contributed by atoms with E-state index in [1.165, 1.54) is 0 Å². The van der Waals surface area contributed by atoms with E-state index in [9.17, 15) is 4.79 Å². The van der Waals surface area contributed by atoms with Gasteiger partial charge < -0.3 is 15.8 Å². The molecule has 0 radical (unpaired) electrons. The SMILES string of the molecule is CC(N)c1ccc(OCC2CCNC(=O)C2)cc1. The monoisotopic (exact) mass is 248 g/mol. The molecule has 2 rings (SSSR count). The van der Waals surface area contributed by atoms with Gasteiger partial charge in [-0.1, -0.05) is 12.1 Å². The molecule has 1 aliphatic heterocycles. The van der Waals surface area contributed by atoms with Gasteiger partial charge in [0.2, 0.25) is 5.91 Å². The number of benzene rings is 1. The number of amides is 1. The second-order valence-corrected chi connectivity index (χ2v) is 4.88. The number of ether oxygens (including phenoxy) is 1. The standard InChI is InChI=1S/C14H20N2O2/c1-10(15)12-2-4-13(5-3-12)18-9-11-6-7-16-14(17)8-11/h2-5,10-11H,6-9,15H2,1H3,(H,16,17). The molecule has 0 bridgehead atoms. The van der Waals surface area contributed by atoms with Crippen molar-refractivity contribution >= 4 is 5.91 Å². The second kappa shape index (κ2) is 5.87. The van der Waals surface area contributed by atoms with E-state index in [4.69, 9.17) is 10.5 Å². The number of hydrogen-bond acceptors (Lipinski definition) is 3. The minimum absolute atomic E-state index is 0.0427. The summed E-state index contributed by atoms with van der Waals surface area (Å²) in [6, 6.07) is 7.87. The van der Waals surface area contributed by atoms with Crippen molar-refractivity contribution in [1.82, 2.24) is 5.32 Å². The highest BCUT2D eigenvalue weighted by Gasteiger charge is 2.19. The zero-order valence-electron chi connectivity index (χ0n) is 10.7. The van der Waals surface area contributed by atoms with Crippen LogP contribution in [0.3, 0.4) is 0 Å². The van der Waals surface area contributed by atoms with E-state index in [1.54, 1.807) is 0 Å². The van der Waals surface area contributed by atoms with Crippen LogP contribution in [0.4, 0.5) is 0 Å². The molecule has 1 aromatic rings. The third kappa shape index (κ3) is 3.47. The first kappa shape index (κ1) is 12.9. The van der Waals surface area contributed by atoms with Gasteiger partial charge in [-0.15, -0.1) is 0 Å². The number of rotatable bonds is 4. The fourth-order valence-electron chi connectivity index (χ4n) is 2.08. The number of nitrogens with one attached hydrogen (secondary N) is 1. The average molecular weight is 248 g/mol. The van der Waals surface area contributed by atoms with Crippen LogP contribution in [0, 0.1) is 5.92 Å². The van der Waals surface area contributed by atoms with Gasteiger partial charge in [-0.25, -0.2) is 0 Å². The molecule has 18 heavy (non-hydrogen) atoms. The summed E-state index contributed by atoms with van der Waals surface area (Å²) < 4.78 is 5.71. The third-order valence-electron chi connectivity index (χ3n) is 3.24. The van der Waals surface area contributed by atoms with Crippen LogP contribution < -0.4 is 15.8 Å². The fourth-order valence-corrected chi connectivity index (χ4v) is 2.08. The predicted octanol–water partition coefficient (Wildman–Crippen LogP) is 1.61. The van der Waals surface area contributed by atoms with E-state index in [2.05, 4.69) is 5.32 Å². The summed E-state index contributed by atoms with van der Waals surface area (Å²) in [5.41, 5.74) is 6.88. The number of piperidine rings is 1. The number of nitrogens with two attached hydrogens (primary N) is 1. The van der Waals surface area contributed by atoms with Crippen LogP contribution in [0.2, 0.25) is 0 Å². The lowest BCUT2D eigenvalue weighted by Crippen LogP contribution is -2.35. The second-order valence-electron chi connectivity index (χ2n) is 4.88. The molecule has 2 atom stereocenters. The van der Waals surface area contributed by atoms with Crippen molar-refractivity contribution in [3.8, 4) is 5.75 Å². The molecule has 0 aromatic heterocycles. The quantitative estimate of drug-likeness (QED) is 0.851. The van der Waals surface area contributed by atoms with Gasteiger partial charge in [0.25, 0.3) is 0 Å². The Morgan fingerprint density at radius 3 is 2.78 bits per heavy atom. The number of carbonyl (C=O) groups excluding carboxylic acids is 1. The highest BCUT2D eigenvalue weighted by molar-refractivity contribution is 5.76. The van der Waals surface area contributed by atoms with Crippen molar-refractivity contribution in [3.63, 3.8) is 0 Å². The van der Waals surface area contributed by atoms with E-state index in [-0.39, 0.29) is 11.9 Å². The highest BCUT2D eigenvalue weighted by Crippen LogP contribution is 2.19. The van der Waals surface area contributed by atoms with Gasteiger partial charge >= 0.3 is 0 Å². The summed E-state index contributed by atoms with van der Waals surface area (Å²) >= 11 is 0. The van der Waals surface area contributed by atoms with Crippen LogP contribution in [0.25, 0.3) is 0 Å². The van der Waals surface area contributed by atoms with Crippen molar-refractivity contribution in [3.05, 3.63) is 29.8 Å². The van der Waals surface area contributed by atoms with E-state index >= 15 is 0 Å². The summed E-state index contributed by atoms with van der Waals surface area (Å²) in [5, 5.41) is 2.82. The molecular formula is C14H20N2O2. The first-order valence-corrected chi connectivity index (χ1v) is 6.40. The molecule has 3 N–H and O–H groups in total. The summed E-state index contributed by atoms with van der Waals surface area (Å²) in [4.78, 5) is 11.2. The van der Waals surface area contributed by atoms with Gasteiger partial charge in [0, 0.05) is 24.9 Å². The molecule has 0 aliphatic carbocycles. The minimum atomic E-state index is 0.0427. The van der Waals surface area contributed by atoms with Gasteiger partial charge in [-0.05, 0) is 31.0 Å². The molecule has 4 heteroatoms. The fraction of sp³-hybridized carbons (Fsp3) is 0.500. The maximum atomic E-state index is 11.2. The van der Waals surface area contributed by atoms with E-state index in [0.717, 1.165) is 24.3 Å². The van der Waals surface area contributed by atoms with Gasteiger partial charge in [0.05, 0.1) is 6.61 Å². The molecule has 1 saturated heterocycles. The van der Waals surface area contributed by atoms with Gasteiger partial charge in [0.1, 0.15) is 5.75 Å². The van der Waals surface area contributed by atoms with Crippen LogP contribution in [-0.4, -0.2) is 19.1 Å². The molecule has 98 valence electrons. The lowest BCUT2D eigenvalue weighted by atomic mass is 9.99. The smallest absolute Gasteiger partial charge is 0.220 e. The third-order valence-corrected chi connectivity index (χ3v) is 3.24. The first-order valence-electron chi connectivity index (χ1n) is 6.40. The van der Waals surface area contributed by atoms with Crippen molar-refractivity contribution < 1.29 is 9.53 Å². The molecule has 0 spiro atoms. The maximum absolute atomic E-state index is 11.2. The van der Waals surface area contributed by atoms with Crippen LogP contribution in [-0.2, 0) is 4.79 Å². The van der Waals surface area contributed by atoms with Gasteiger partial charge in [0.15, 0.2) is 0 Å². The molecule has 4 nitrogen and oxygen atoms in total. The normalized spacial score (nSPS) is 21.2. The highest BCUT2D eigenvalue weighted by atomic mass is 16.5. The van der Waals surface area contributed by atoms with Gasteiger partial charge in [-0.3, -0.25) is 4.79 Å². The van der Waals surface area contributed by atoms with Crippen molar-refractivity contribution in [1.29, 1.82) is 0 Å². The molecule has 1 fully saturated rings. The Balaban J connectivity index is 1.84. The molecule has 1 aliphatic rings. The van der Waals surface area contributed by atoms with Crippen LogP contribution in [0.15, 0.2) is 24.3 Å². The Hall–Kier alpha value is -1.55. The van der Waals surface area contributed by atoms with E-state index in [0.29, 0.717) is 18.9 Å². The van der Waals surface area contributed by atoms with E-state index < -0.39 is 0 Å². The summed E-state index contributed by atoms with van der Waals surface area (Å²) in [7, 11) is 0. The first-order chi connectivity index (χ1) is 8.65. The van der Waals surface area contributed by atoms with Crippen LogP contribution in [0.5, 0.6) is 5.75 Å². The number of carbonyl (C=O) groups is 1. The Morgan fingerprint density at radius 1 is 1.44 bits per heavy atom. The predicted molar refractivity (Wildman–Crippen MR) is 70.3 cm³/mol. The van der Waals surface area contributed by atoms with Crippen molar-refractivity contribution in [2.45, 2.75) is 25.8 Å². The Bertz CT molecular complexity index is 401. The van der Waals surface area contributed by atoms with Crippen LogP contribution >= 0.6 is 0 Å². The Morgan fingerprint density at radius 2 is 2.17 bits per heavy atom. The lowest BCUT2D eigenvalue weighted by molar-refractivity contribution is -0.123. The average Bonchev–Trinajstić information content (AvgIpc) is 2.37. The molecule has 1 heterocycles. The molecular weight excluding hydrogens is 228 g/mol. The Kier molecular flexibility index (Phi) is 4.20. The summed E-state index contributed by atoms with van der Waals surface area (Å²) in [6.07, 6.45) is 1.56. The number of hydrogen-bond donors (Lipinski definition) is 2. The molecule has 1 aromatic carbocycles. The minimum Gasteiger partial charge on any atom is -0.493 e. The Labute approximate surface area is 108 Å². The largest absolute Gasteiger partial charge is 0.493 e. The van der Waals surface area contributed by atoms with Crippen LogP contribution in [0.1, 0.15) is 31.4 Å². The lowest BCUT2D eigenvalue weighted by Gasteiger charge is -2.22. The van der Waals surface area contributed by atoms with Crippen molar-refractivity contribution in [2.24, 2.45) is 11.7 Å². The topological polar surface area (TPSA) is 64.3 Å². The van der Waals surface area contributed by atoms with Gasteiger partial charge in [-0.2, -0.15) is 0 Å². The summed E-state index contributed by atoms with van der Waals surface area (Å²) in [5.74, 6) is 1.29. The molecule has 2 unspecified atom stereocenters. The molecule has 0 saturated carbocycles.